The second kappa shape index (κ2) is 10.4. The highest BCUT2D eigenvalue weighted by molar-refractivity contribution is 6.05. The minimum atomic E-state index is -0.453. The molecule has 8 heteroatoms. The number of nitrogens with zero attached hydrogens (tertiary/aromatic N) is 2. The van der Waals surface area contributed by atoms with Gasteiger partial charge in [0.05, 0.1) is 18.8 Å². The Labute approximate surface area is 164 Å². The molecule has 1 aromatic carbocycles. The Balaban J connectivity index is 1.49. The molecule has 0 atom stereocenters. The van der Waals surface area contributed by atoms with E-state index in [-0.39, 0.29) is 11.7 Å². The Hall–Kier alpha value is -2.97. The van der Waals surface area contributed by atoms with Crippen molar-refractivity contribution in [2.75, 3.05) is 50.0 Å². The summed E-state index contributed by atoms with van der Waals surface area (Å²) >= 11 is 0. The van der Waals surface area contributed by atoms with E-state index >= 15 is 0 Å². The molecule has 2 aromatic rings. The van der Waals surface area contributed by atoms with Gasteiger partial charge in [0.15, 0.2) is 0 Å². The van der Waals surface area contributed by atoms with E-state index in [9.17, 15) is 9.59 Å². The van der Waals surface area contributed by atoms with Crippen molar-refractivity contribution in [3.63, 3.8) is 0 Å². The number of nitrogens with one attached hydrogen (secondary N) is 3. The van der Waals surface area contributed by atoms with Crippen molar-refractivity contribution < 1.29 is 14.3 Å². The van der Waals surface area contributed by atoms with Crippen LogP contribution in [0.3, 0.4) is 0 Å². The summed E-state index contributed by atoms with van der Waals surface area (Å²) < 4.78 is 5.33. The molecule has 1 aliphatic rings. The highest BCUT2D eigenvalue weighted by Crippen LogP contribution is 2.13. The number of morpholine rings is 1. The molecule has 1 fully saturated rings. The number of carbonyl (C=O) groups excluding carboxylic acids is 2. The fourth-order valence-corrected chi connectivity index (χ4v) is 2.90. The number of pyridine rings is 1. The Kier molecular flexibility index (Phi) is 7.34. The van der Waals surface area contributed by atoms with Gasteiger partial charge in [-0.05, 0) is 37.2 Å². The lowest BCUT2D eigenvalue weighted by molar-refractivity contribution is 0.0374. The predicted octanol–water partition coefficient (Wildman–Crippen LogP) is 2.18. The molecule has 0 radical (unpaired) electrons. The second-order valence-corrected chi connectivity index (χ2v) is 6.41. The predicted molar refractivity (Wildman–Crippen MR) is 108 cm³/mol. The number of benzene rings is 1. The summed E-state index contributed by atoms with van der Waals surface area (Å²) in [5.74, 6) is -0.0355. The molecule has 3 rings (SSSR count). The first-order chi connectivity index (χ1) is 13.7. The van der Waals surface area contributed by atoms with Crippen molar-refractivity contribution in [3.8, 4) is 0 Å². The van der Waals surface area contributed by atoms with Gasteiger partial charge in [-0.15, -0.1) is 0 Å². The zero-order valence-electron chi connectivity index (χ0n) is 15.7. The quantitative estimate of drug-likeness (QED) is 0.637. The molecular weight excluding hydrogens is 358 g/mol. The average molecular weight is 383 g/mol. The Morgan fingerprint density at radius 3 is 2.61 bits per heavy atom. The standard InChI is InChI=1S/C20H25N5O3/c26-19(22-10-5-11-25-12-14-28-15-13-25)17-8-4-9-21-18(17)24-20(27)23-16-6-2-1-3-7-16/h1-4,6-9H,5,10-15H2,(H,22,26)(H2,21,23,24,27). The van der Waals surface area contributed by atoms with Gasteiger partial charge >= 0.3 is 6.03 Å². The second-order valence-electron chi connectivity index (χ2n) is 6.41. The lowest BCUT2D eigenvalue weighted by Gasteiger charge is -2.26. The summed E-state index contributed by atoms with van der Waals surface area (Å²) in [7, 11) is 0. The first kappa shape index (κ1) is 19.8. The van der Waals surface area contributed by atoms with E-state index in [1.54, 1.807) is 24.3 Å². The fraction of sp³-hybridized carbons (Fsp3) is 0.350. The Morgan fingerprint density at radius 2 is 1.82 bits per heavy atom. The minimum Gasteiger partial charge on any atom is -0.379 e. The van der Waals surface area contributed by atoms with Gasteiger partial charge in [0, 0.05) is 31.5 Å². The van der Waals surface area contributed by atoms with Crippen molar-refractivity contribution >= 4 is 23.4 Å². The zero-order chi connectivity index (χ0) is 19.6. The molecule has 1 aromatic heterocycles. The van der Waals surface area contributed by atoms with Crippen molar-refractivity contribution in [3.05, 3.63) is 54.2 Å². The third-order valence-electron chi connectivity index (χ3n) is 4.36. The van der Waals surface area contributed by atoms with Crippen LogP contribution in [0.25, 0.3) is 0 Å². The Bertz CT molecular complexity index is 778. The highest BCUT2D eigenvalue weighted by atomic mass is 16.5. The monoisotopic (exact) mass is 383 g/mol. The highest BCUT2D eigenvalue weighted by Gasteiger charge is 2.15. The maximum absolute atomic E-state index is 12.5. The molecule has 1 aliphatic heterocycles. The van der Waals surface area contributed by atoms with Gasteiger partial charge < -0.3 is 15.4 Å². The molecular formula is C20H25N5O3. The van der Waals surface area contributed by atoms with Crippen LogP contribution in [0.15, 0.2) is 48.7 Å². The van der Waals surface area contributed by atoms with Crippen LogP contribution in [0.4, 0.5) is 16.3 Å². The maximum atomic E-state index is 12.5. The summed E-state index contributed by atoms with van der Waals surface area (Å²) in [5, 5.41) is 8.24. The summed E-state index contributed by atoms with van der Waals surface area (Å²) in [6.45, 7) is 4.87. The van der Waals surface area contributed by atoms with E-state index in [0.717, 1.165) is 39.3 Å². The van der Waals surface area contributed by atoms with Crippen LogP contribution in [0, 0.1) is 0 Å². The van der Waals surface area contributed by atoms with Crippen LogP contribution in [-0.2, 0) is 4.74 Å². The van der Waals surface area contributed by atoms with Crippen LogP contribution in [-0.4, -0.2) is 61.2 Å². The molecule has 3 amide bonds. The normalized spacial score (nSPS) is 14.3. The lowest BCUT2D eigenvalue weighted by Crippen LogP contribution is -2.38. The summed E-state index contributed by atoms with van der Waals surface area (Å²) in [4.78, 5) is 31.1. The number of amides is 3. The summed E-state index contributed by atoms with van der Waals surface area (Å²) in [6, 6.07) is 11.9. The third kappa shape index (κ3) is 6.04. The van der Waals surface area contributed by atoms with E-state index < -0.39 is 6.03 Å². The van der Waals surface area contributed by atoms with E-state index in [2.05, 4.69) is 25.8 Å². The molecule has 0 spiro atoms. The van der Waals surface area contributed by atoms with E-state index in [4.69, 9.17) is 4.74 Å². The van der Waals surface area contributed by atoms with Crippen LogP contribution < -0.4 is 16.0 Å². The van der Waals surface area contributed by atoms with Gasteiger partial charge in [0.2, 0.25) is 0 Å². The molecule has 0 aliphatic carbocycles. The smallest absolute Gasteiger partial charge is 0.324 e. The van der Waals surface area contributed by atoms with Crippen LogP contribution in [0.5, 0.6) is 0 Å². The largest absolute Gasteiger partial charge is 0.379 e. The average Bonchev–Trinajstić information content (AvgIpc) is 2.73. The maximum Gasteiger partial charge on any atom is 0.324 e. The van der Waals surface area contributed by atoms with Crippen molar-refractivity contribution in [1.82, 2.24) is 15.2 Å². The van der Waals surface area contributed by atoms with Crippen LogP contribution >= 0.6 is 0 Å². The number of para-hydroxylation sites is 1. The van der Waals surface area contributed by atoms with Crippen molar-refractivity contribution in [2.24, 2.45) is 0 Å². The van der Waals surface area contributed by atoms with E-state index in [1.807, 2.05) is 18.2 Å². The molecule has 3 N–H and O–H groups in total. The number of urea groups is 1. The molecule has 0 unspecified atom stereocenters. The lowest BCUT2D eigenvalue weighted by atomic mass is 10.2. The first-order valence-electron chi connectivity index (χ1n) is 9.39. The fourth-order valence-electron chi connectivity index (χ4n) is 2.90. The van der Waals surface area contributed by atoms with Crippen molar-refractivity contribution in [1.29, 1.82) is 0 Å². The molecule has 0 saturated carbocycles. The number of carbonyl (C=O) groups is 2. The molecule has 148 valence electrons. The topological polar surface area (TPSA) is 95.6 Å². The molecule has 0 bridgehead atoms. The zero-order valence-corrected chi connectivity index (χ0v) is 15.7. The van der Waals surface area contributed by atoms with Crippen LogP contribution in [0.2, 0.25) is 0 Å². The number of anilines is 2. The Morgan fingerprint density at radius 1 is 1.04 bits per heavy atom. The number of ether oxygens (including phenoxy) is 1. The van der Waals surface area contributed by atoms with Gasteiger partial charge in [0.1, 0.15) is 5.82 Å². The molecule has 28 heavy (non-hydrogen) atoms. The number of aromatic nitrogens is 1. The SMILES string of the molecule is O=C(Nc1ccccc1)Nc1ncccc1C(=O)NCCCN1CCOCC1. The summed E-state index contributed by atoms with van der Waals surface area (Å²) in [5.41, 5.74) is 0.988. The van der Waals surface area contributed by atoms with Gasteiger partial charge in [0.25, 0.3) is 5.91 Å². The minimum absolute atomic E-state index is 0.224. The van der Waals surface area contributed by atoms with Gasteiger partial charge in [-0.2, -0.15) is 0 Å². The number of rotatable bonds is 7. The third-order valence-corrected chi connectivity index (χ3v) is 4.36. The van der Waals surface area contributed by atoms with Gasteiger partial charge in [-0.3, -0.25) is 15.0 Å². The molecule has 1 saturated heterocycles. The van der Waals surface area contributed by atoms with E-state index in [0.29, 0.717) is 17.8 Å². The molecule has 2 heterocycles. The van der Waals surface area contributed by atoms with Gasteiger partial charge in [-0.1, -0.05) is 18.2 Å². The van der Waals surface area contributed by atoms with Gasteiger partial charge in [-0.25, -0.2) is 9.78 Å². The first-order valence-corrected chi connectivity index (χ1v) is 9.39. The summed E-state index contributed by atoms with van der Waals surface area (Å²) in [6.07, 6.45) is 2.39. The number of hydrogen-bond donors (Lipinski definition) is 3. The number of hydrogen-bond acceptors (Lipinski definition) is 5. The van der Waals surface area contributed by atoms with Crippen molar-refractivity contribution in [2.45, 2.75) is 6.42 Å². The van der Waals surface area contributed by atoms with E-state index in [1.165, 1.54) is 6.20 Å². The molecule has 8 nitrogen and oxygen atoms in total. The van der Waals surface area contributed by atoms with Crippen LogP contribution in [0.1, 0.15) is 16.8 Å².